The molecule has 6 heteroatoms. The molecule has 2 N–H and O–H groups in total. The van der Waals surface area contributed by atoms with Crippen molar-refractivity contribution in [3.63, 3.8) is 0 Å². The molecule has 1 aromatic carbocycles. The Hall–Kier alpha value is -1.46. The lowest BCUT2D eigenvalue weighted by Crippen LogP contribution is -2.62. The quantitative estimate of drug-likeness (QED) is 0.794. The summed E-state index contributed by atoms with van der Waals surface area (Å²) in [5.74, 6) is 5.41. The second kappa shape index (κ2) is 7.41. The van der Waals surface area contributed by atoms with Crippen LogP contribution in [0.5, 0.6) is 0 Å². The summed E-state index contributed by atoms with van der Waals surface area (Å²) in [6.45, 7) is 2.06. The van der Waals surface area contributed by atoms with Crippen LogP contribution in [0.2, 0.25) is 0 Å². The van der Waals surface area contributed by atoms with Crippen molar-refractivity contribution in [1.82, 2.24) is 0 Å². The summed E-state index contributed by atoms with van der Waals surface area (Å²) in [6, 6.07) is 9.43. The van der Waals surface area contributed by atoms with Crippen LogP contribution in [0.3, 0.4) is 0 Å². The zero-order valence-corrected chi connectivity index (χ0v) is 12.8. The summed E-state index contributed by atoms with van der Waals surface area (Å²) < 4.78 is 22.5. The minimum atomic E-state index is -1.20. The number of rotatable bonds is 3. The topological polar surface area (TPSA) is 77.4 Å². The van der Waals surface area contributed by atoms with E-state index < -0.39 is 37.0 Å². The molecule has 0 spiro atoms. The smallest absolute Gasteiger partial charge is 0.187 e. The monoisotopic (exact) mass is 320 g/mol. The van der Waals surface area contributed by atoms with Gasteiger partial charge in [-0.3, -0.25) is 0 Å². The molecule has 3 rings (SSSR count). The van der Waals surface area contributed by atoms with Crippen LogP contribution in [0.1, 0.15) is 18.8 Å². The van der Waals surface area contributed by atoms with Gasteiger partial charge in [-0.2, -0.15) is 0 Å². The lowest BCUT2D eigenvalue weighted by molar-refractivity contribution is -0.359. The van der Waals surface area contributed by atoms with Gasteiger partial charge in [-0.25, -0.2) is 0 Å². The molecular weight excluding hydrogens is 300 g/mol. The molecule has 2 saturated heterocycles. The Morgan fingerprint density at radius 2 is 1.96 bits per heavy atom. The summed E-state index contributed by atoms with van der Waals surface area (Å²) >= 11 is 0. The van der Waals surface area contributed by atoms with Gasteiger partial charge in [0.1, 0.15) is 31.0 Å². The van der Waals surface area contributed by atoms with Gasteiger partial charge >= 0.3 is 0 Å². The summed E-state index contributed by atoms with van der Waals surface area (Å²) in [7, 11) is 0. The standard InChI is InChI=1S/C17H20O6/c1-2-3-9-20-17-14(19)13(18)15-12(22-17)10-21-16(23-15)11-7-5-4-6-8-11/h4-8,12-19H,9-10H2,1H3/t12-,13-,14-,15-,16-,17?/m1/s1. The van der Waals surface area contributed by atoms with Crippen LogP contribution in [0.4, 0.5) is 0 Å². The normalized spacial score (nSPS) is 36.7. The SMILES string of the molecule is CC#CCOC1O[C@@H]2CO[C@@H](c3ccccc3)O[C@H]2[C@H](O)[C@H]1O. The molecular formula is C17H20O6. The van der Waals surface area contributed by atoms with Crippen LogP contribution < -0.4 is 0 Å². The summed E-state index contributed by atoms with van der Waals surface area (Å²) in [4.78, 5) is 0. The number of aliphatic hydroxyl groups is 2. The highest BCUT2D eigenvalue weighted by atomic mass is 16.8. The lowest BCUT2D eigenvalue weighted by Gasteiger charge is -2.46. The third-order valence-electron chi connectivity index (χ3n) is 3.90. The summed E-state index contributed by atoms with van der Waals surface area (Å²) in [5, 5.41) is 20.5. The molecule has 6 atom stereocenters. The molecule has 2 aliphatic heterocycles. The molecule has 1 aromatic rings. The Morgan fingerprint density at radius 3 is 2.70 bits per heavy atom. The van der Waals surface area contributed by atoms with Crippen LogP contribution in [-0.4, -0.2) is 54.1 Å². The van der Waals surface area contributed by atoms with Crippen molar-refractivity contribution in [1.29, 1.82) is 0 Å². The lowest BCUT2D eigenvalue weighted by atomic mass is 9.98. The van der Waals surface area contributed by atoms with Crippen molar-refractivity contribution >= 4 is 0 Å². The second-order valence-corrected chi connectivity index (χ2v) is 5.44. The molecule has 2 fully saturated rings. The van der Waals surface area contributed by atoms with Crippen molar-refractivity contribution in [3.05, 3.63) is 35.9 Å². The number of hydrogen-bond acceptors (Lipinski definition) is 6. The largest absolute Gasteiger partial charge is 0.387 e. The van der Waals surface area contributed by atoms with Crippen LogP contribution in [0, 0.1) is 11.8 Å². The highest BCUT2D eigenvalue weighted by molar-refractivity contribution is 5.16. The second-order valence-electron chi connectivity index (χ2n) is 5.44. The van der Waals surface area contributed by atoms with E-state index in [2.05, 4.69) is 11.8 Å². The molecule has 1 unspecified atom stereocenters. The van der Waals surface area contributed by atoms with Crippen LogP contribution in [0.15, 0.2) is 30.3 Å². The average Bonchev–Trinajstić information content (AvgIpc) is 2.60. The summed E-state index contributed by atoms with van der Waals surface area (Å²) in [5.41, 5.74) is 0.851. The van der Waals surface area contributed by atoms with Crippen LogP contribution in [-0.2, 0) is 18.9 Å². The predicted molar refractivity (Wildman–Crippen MR) is 80.1 cm³/mol. The minimum Gasteiger partial charge on any atom is -0.387 e. The van der Waals surface area contributed by atoms with E-state index in [0.29, 0.717) is 0 Å². The average molecular weight is 320 g/mol. The Bertz CT molecular complexity index is 563. The van der Waals surface area contributed by atoms with Crippen molar-refractivity contribution in [2.24, 2.45) is 0 Å². The van der Waals surface area contributed by atoms with Gasteiger partial charge in [0.05, 0.1) is 6.61 Å². The maximum Gasteiger partial charge on any atom is 0.187 e. The fraction of sp³-hybridized carbons (Fsp3) is 0.529. The first-order chi connectivity index (χ1) is 11.2. The van der Waals surface area contributed by atoms with E-state index in [0.717, 1.165) is 5.56 Å². The zero-order chi connectivity index (χ0) is 16.2. The van der Waals surface area contributed by atoms with Gasteiger partial charge < -0.3 is 29.2 Å². The van der Waals surface area contributed by atoms with E-state index >= 15 is 0 Å². The fourth-order valence-electron chi connectivity index (χ4n) is 2.69. The van der Waals surface area contributed by atoms with Crippen molar-refractivity contribution in [2.75, 3.05) is 13.2 Å². The first-order valence-electron chi connectivity index (χ1n) is 7.55. The molecule has 0 aromatic heterocycles. The fourth-order valence-corrected chi connectivity index (χ4v) is 2.69. The third kappa shape index (κ3) is 3.56. The number of ether oxygens (including phenoxy) is 4. The number of fused-ring (bicyclic) bond motifs is 1. The van der Waals surface area contributed by atoms with Gasteiger partial charge in [-0.05, 0) is 6.92 Å². The van der Waals surface area contributed by atoms with Gasteiger partial charge in [0.2, 0.25) is 0 Å². The Balaban J connectivity index is 1.66. The molecule has 6 nitrogen and oxygen atoms in total. The molecule has 2 heterocycles. The number of hydrogen-bond donors (Lipinski definition) is 2. The molecule has 0 amide bonds. The minimum absolute atomic E-state index is 0.122. The van der Waals surface area contributed by atoms with Gasteiger partial charge in [-0.1, -0.05) is 36.3 Å². The van der Waals surface area contributed by atoms with Crippen LogP contribution in [0.25, 0.3) is 0 Å². The molecule has 2 aliphatic rings. The Kier molecular flexibility index (Phi) is 5.28. The number of aliphatic hydroxyl groups excluding tert-OH is 2. The van der Waals surface area contributed by atoms with Gasteiger partial charge in [0.25, 0.3) is 0 Å². The van der Waals surface area contributed by atoms with E-state index in [1.54, 1.807) is 6.92 Å². The van der Waals surface area contributed by atoms with E-state index in [9.17, 15) is 10.2 Å². The first kappa shape index (κ1) is 16.4. The van der Waals surface area contributed by atoms with E-state index in [1.165, 1.54) is 0 Å². The van der Waals surface area contributed by atoms with E-state index in [-0.39, 0.29) is 13.2 Å². The van der Waals surface area contributed by atoms with Crippen LogP contribution >= 0.6 is 0 Å². The Morgan fingerprint density at radius 1 is 1.17 bits per heavy atom. The van der Waals surface area contributed by atoms with Crippen molar-refractivity contribution < 1.29 is 29.2 Å². The van der Waals surface area contributed by atoms with Gasteiger partial charge in [-0.15, -0.1) is 5.92 Å². The highest BCUT2D eigenvalue weighted by Gasteiger charge is 2.49. The molecule has 23 heavy (non-hydrogen) atoms. The van der Waals surface area contributed by atoms with Gasteiger partial charge in [0, 0.05) is 5.56 Å². The van der Waals surface area contributed by atoms with E-state index in [1.807, 2.05) is 30.3 Å². The third-order valence-corrected chi connectivity index (χ3v) is 3.90. The van der Waals surface area contributed by atoms with Crippen molar-refractivity contribution in [2.45, 2.75) is 43.9 Å². The van der Waals surface area contributed by atoms with Crippen molar-refractivity contribution in [3.8, 4) is 11.8 Å². The Labute approximate surface area is 134 Å². The zero-order valence-electron chi connectivity index (χ0n) is 12.8. The molecule has 124 valence electrons. The first-order valence-corrected chi connectivity index (χ1v) is 7.55. The predicted octanol–water partition coefficient (Wildman–Crippen LogP) is 0.587. The summed E-state index contributed by atoms with van der Waals surface area (Å²) in [6.07, 6.45) is -5.05. The molecule has 0 bridgehead atoms. The molecule has 0 radical (unpaired) electrons. The maximum atomic E-state index is 10.3. The molecule has 0 saturated carbocycles. The highest BCUT2D eigenvalue weighted by Crippen LogP contribution is 2.34. The number of benzene rings is 1. The molecule has 0 aliphatic carbocycles. The maximum absolute atomic E-state index is 10.3. The van der Waals surface area contributed by atoms with Gasteiger partial charge in [0.15, 0.2) is 12.6 Å². The van der Waals surface area contributed by atoms with E-state index in [4.69, 9.17) is 18.9 Å².